The van der Waals surface area contributed by atoms with Crippen LogP contribution in [0.5, 0.6) is 0 Å². The monoisotopic (exact) mass is 166 g/mol. The van der Waals surface area contributed by atoms with Gasteiger partial charge in [-0.1, -0.05) is 40.0 Å². The molecule has 0 amide bonds. The summed E-state index contributed by atoms with van der Waals surface area (Å²) in [7, 11) is 0. The molecule has 2 saturated carbocycles. The number of hydrogen-bond acceptors (Lipinski definition) is 0. The fourth-order valence-corrected chi connectivity index (χ4v) is 3.16. The summed E-state index contributed by atoms with van der Waals surface area (Å²) in [6.07, 6.45) is 7.60. The minimum absolute atomic E-state index is 0.573. The molecule has 0 heterocycles. The Labute approximate surface area is 76.7 Å². The largest absolute Gasteiger partial charge is 0.0599 e. The Morgan fingerprint density at radius 1 is 1.00 bits per heavy atom. The Morgan fingerprint density at radius 3 is 2.33 bits per heavy atom. The van der Waals surface area contributed by atoms with Gasteiger partial charge in [0.15, 0.2) is 0 Å². The number of hydrogen-bond donors (Lipinski definition) is 0. The summed E-state index contributed by atoms with van der Waals surface area (Å²) in [6.45, 7) is 7.29. The van der Waals surface area contributed by atoms with E-state index < -0.39 is 0 Å². The average molecular weight is 166 g/mol. The van der Waals surface area contributed by atoms with E-state index in [1.54, 1.807) is 6.42 Å². The van der Waals surface area contributed by atoms with Crippen molar-refractivity contribution in [2.45, 2.75) is 52.9 Å². The van der Waals surface area contributed by atoms with Crippen LogP contribution >= 0.6 is 0 Å². The molecule has 0 bridgehead atoms. The van der Waals surface area contributed by atoms with Crippen molar-refractivity contribution in [2.75, 3.05) is 0 Å². The Kier molecular flexibility index (Phi) is 1.97. The van der Waals surface area contributed by atoms with Crippen LogP contribution in [0.25, 0.3) is 0 Å². The molecule has 2 fully saturated rings. The molecule has 0 aliphatic heterocycles. The molecule has 0 aromatic heterocycles. The van der Waals surface area contributed by atoms with Gasteiger partial charge in [-0.15, -0.1) is 0 Å². The lowest BCUT2D eigenvalue weighted by Gasteiger charge is -2.30. The molecule has 0 spiro atoms. The minimum atomic E-state index is 0.573. The van der Waals surface area contributed by atoms with Gasteiger partial charge in [0, 0.05) is 0 Å². The van der Waals surface area contributed by atoms with E-state index in [0.717, 1.165) is 17.8 Å². The van der Waals surface area contributed by atoms with Crippen molar-refractivity contribution in [3.05, 3.63) is 0 Å². The second kappa shape index (κ2) is 2.75. The topological polar surface area (TPSA) is 0 Å². The average Bonchev–Trinajstić information content (AvgIpc) is 2.57. The van der Waals surface area contributed by atoms with Gasteiger partial charge in [-0.2, -0.15) is 0 Å². The van der Waals surface area contributed by atoms with Crippen LogP contribution in [0.1, 0.15) is 52.9 Å². The molecule has 70 valence electrons. The third-order valence-electron chi connectivity index (χ3n) is 3.95. The zero-order valence-electron chi connectivity index (χ0n) is 8.77. The Morgan fingerprint density at radius 2 is 1.67 bits per heavy atom. The predicted octanol–water partition coefficient (Wildman–Crippen LogP) is 3.86. The van der Waals surface area contributed by atoms with Crippen molar-refractivity contribution in [1.82, 2.24) is 0 Å². The molecule has 2 rings (SSSR count). The molecule has 12 heavy (non-hydrogen) atoms. The maximum atomic E-state index is 2.43. The molecule has 3 atom stereocenters. The van der Waals surface area contributed by atoms with E-state index in [-0.39, 0.29) is 0 Å². The van der Waals surface area contributed by atoms with Gasteiger partial charge < -0.3 is 0 Å². The Bertz CT molecular complexity index is 163. The van der Waals surface area contributed by atoms with E-state index in [1.165, 1.54) is 25.7 Å². The van der Waals surface area contributed by atoms with Crippen molar-refractivity contribution < 1.29 is 0 Å². The quantitative estimate of drug-likeness (QED) is 0.512. The summed E-state index contributed by atoms with van der Waals surface area (Å²) in [6, 6.07) is 0. The van der Waals surface area contributed by atoms with E-state index >= 15 is 0 Å². The lowest BCUT2D eigenvalue weighted by molar-refractivity contribution is 0.194. The van der Waals surface area contributed by atoms with E-state index in [1.807, 2.05) is 0 Å². The van der Waals surface area contributed by atoms with E-state index in [2.05, 4.69) is 20.8 Å². The van der Waals surface area contributed by atoms with Crippen molar-refractivity contribution in [3.8, 4) is 0 Å². The van der Waals surface area contributed by atoms with E-state index in [9.17, 15) is 0 Å². The van der Waals surface area contributed by atoms with E-state index in [4.69, 9.17) is 0 Å². The lowest BCUT2D eigenvalue weighted by Crippen LogP contribution is -2.22. The Balaban J connectivity index is 2.04. The number of fused-ring (bicyclic) bond motifs is 1. The highest BCUT2D eigenvalue weighted by atomic mass is 14.5. The highest BCUT2D eigenvalue weighted by Crippen LogP contribution is 2.56. The van der Waals surface area contributed by atoms with Gasteiger partial charge in [0.05, 0.1) is 0 Å². The zero-order chi connectivity index (χ0) is 8.77. The smallest absolute Gasteiger partial charge is 0.0334 e. The highest BCUT2D eigenvalue weighted by Gasteiger charge is 2.47. The first-order valence-electron chi connectivity index (χ1n) is 5.59. The molecule has 0 radical (unpaired) electrons. The Hall–Kier alpha value is 0. The molecule has 3 unspecified atom stereocenters. The first kappa shape index (κ1) is 8.59. The SMILES string of the molecule is CC(C)(C)C1CCCCC2CC21. The standard InChI is InChI=1S/C12H22/c1-12(2,3)11-7-5-4-6-9-8-10(9)11/h9-11H,4-8H2,1-3H3. The van der Waals surface area contributed by atoms with Crippen LogP contribution in [0.3, 0.4) is 0 Å². The van der Waals surface area contributed by atoms with Gasteiger partial charge in [0.1, 0.15) is 0 Å². The lowest BCUT2D eigenvalue weighted by atomic mass is 9.75. The molecule has 0 aromatic carbocycles. The second-order valence-corrected chi connectivity index (χ2v) is 5.92. The van der Waals surface area contributed by atoms with Crippen LogP contribution in [0.15, 0.2) is 0 Å². The summed E-state index contributed by atoms with van der Waals surface area (Å²) < 4.78 is 0. The summed E-state index contributed by atoms with van der Waals surface area (Å²) in [5.74, 6) is 3.29. The van der Waals surface area contributed by atoms with Crippen LogP contribution in [0, 0.1) is 23.2 Å². The minimum Gasteiger partial charge on any atom is -0.0599 e. The summed E-state index contributed by atoms with van der Waals surface area (Å²) in [4.78, 5) is 0. The van der Waals surface area contributed by atoms with Crippen LogP contribution in [-0.2, 0) is 0 Å². The van der Waals surface area contributed by atoms with Gasteiger partial charge in [-0.05, 0) is 36.0 Å². The molecular weight excluding hydrogens is 144 g/mol. The van der Waals surface area contributed by atoms with Crippen molar-refractivity contribution in [2.24, 2.45) is 23.2 Å². The zero-order valence-corrected chi connectivity index (χ0v) is 8.77. The van der Waals surface area contributed by atoms with Gasteiger partial charge >= 0.3 is 0 Å². The van der Waals surface area contributed by atoms with Crippen molar-refractivity contribution >= 4 is 0 Å². The van der Waals surface area contributed by atoms with Crippen LogP contribution in [-0.4, -0.2) is 0 Å². The number of rotatable bonds is 0. The van der Waals surface area contributed by atoms with Gasteiger partial charge in [0.25, 0.3) is 0 Å². The fourth-order valence-electron chi connectivity index (χ4n) is 3.16. The molecule has 0 nitrogen and oxygen atoms in total. The van der Waals surface area contributed by atoms with Crippen LogP contribution in [0.2, 0.25) is 0 Å². The van der Waals surface area contributed by atoms with Crippen molar-refractivity contribution in [3.63, 3.8) is 0 Å². The molecule has 2 aliphatic carbocycles. The highest BCUT2D eigenvalue weighted by molar-refractivity contribution is 4.96. The van der Waals surface area contributed by atoms with Crippen LogP contribution < -0.4 is 0 Å². The summed E-state index contributed by atoms with van der Waals surface area (Å²) in [5.41, 5.74) is 0.573. The molecule has 0 heteroatoms. The molecule has 0 N–H and O–H groups in total. The maximum absolute atomic E-state index is 2.43. The molecule has 0 aromatic rings. The first-order chi connectivity index (χ1) is 5.59. The summed E-state index contributed by atoms with van der Waals surface area (Å²) >= 11 is 0. The van der Waals surface area contributed by atoms with Crippen LogP contribution in [0.4, 0.5) is 0 Å². The third-order valence-corrected chi connectivity index (χ3v) is 3.95. The van der Waals surface area contributed by atoms with Gasteiger partial charge in [-0.3, -0.25) is 0 Å². The van der Waals surface area contributed by atoms with E-state index in [0.29, 0.717) is 5.41 Å². The first-order valence-corrected chi connectivity index (χ1v) is 5.59. The summed E-state index contributed by atoms with van der Waals surface area (Å²) in [5, 5.41) is 0. The van der Waals surface area contributed by atoms with Crippen molar-refractivity contribution in [1.29, 1.82) is 0 Å². The second-order valence-electron chi connectivity index (χ2n) is 5.92. The van der Waals surface area contributed by atoms with Gasteiger partial charge in [-0.25, -0.2) is 0 Å². The fraction of sp³-hybridized carbons (Fsp3) is 1.00. The maximum Gasteiger partial charge on any atom is -0.0334 e. The molecular formula is C12H22. The normalized spacial score (nSPS) is 41.8. The molecule has 0 saturated heterocycles. The molecule has 2 aliphatic rings. The third kappa shape index (κ3) is 1.53. The van der Waals surface area contributed by atoms with Gasteiger partial charge in [0.2, 0.25) is 0 Å². The predicted molar refractivity (Wildman–Crippen MR) is 53.0 cm³/mol.